The first-order valence-corrected chi connectivity index (χ1v) is 7.69. The molecule has 0 N–H and O–H groups in total. The van der Waals surface area contributed by atoms with Crippen LogP contribution in [0.4, 0.5) is 0 Å². The molecule has 3 rings (SSSR count). The highest BCUT2D eigenvalue weighted by Gasteiger charge is 2.19. The van der Waals surface area contributed by atoms with Gasteiger partial charge in [-0.25, -0.2) is 0 Å². The molecule has 1 saturated carbocycles. The molecule has 3 nitrogen and oxygen atoms in total. The number of rotatable bonds is 4. The lowest BCUT2D eigenvalue weighted by Crippen LogP contribution is -2.12. The third kappa shape index (κ3) is 4.10. The summed E-state index contributed by atoms with van der Waals surface area (Å²) >= 11 is 0. The van der Waals surface area contributed by atoms with Crippen LogP contribution in [0.25, 0.3) is 12.2 Å². The molecule has 2 aromatic heterocycles. The summed E-state index contributed by atoms with van der Waals surface area (Å²) in [7, 11) is 0. The first kappa shape index (κ1) is 15.1. The van der Waals surface area contributed by atoms with Crippen LogP contribution >= 0.6 is 0 Å². The van der Waals surface area contributed by atoms with Crippen LogP contribution in [-0.2, 0) is 4.79 Å². The number of Topliss-reactive ketones (excluding diaryl/α,β-unsaturated/α-hetero) is 1. The molecule has 0 bridgehead atoms. The van der Waals surface area contributed by atoms with Gasteiger partial charge in [0.25, 0.3) is 0 Å². The molecule has 0 radical (unpaired) electrons. The predicted molar refractivity (Wildman–Crippen MR) is 90.5 cm³/mol. The normalized spacial score (nSPS) is 19.6. The van der Waals surface area contributed by atoms with E-state index in [1.54, 1.807) is 12.5 Å². The third-order valence-corrected chi connectivity index (χ3v) is 3.68. The van der Waals surface area contributed by atoms with E-state index in [-0.39, 0.29) is 5.78 Å². The minimum atomic E-state index is 0.129. The van der Waals surface area contributed by atoms with Gasteiger partial charge in [0.2, 0.25) is 0 Å². The lowest BCUT2D eigenvalue weighted by Gasteiger charge is -2.15. The number of ketones is 1. The van der Waals surface area contributed by atoms with E-state index >= 15 is 0 Å². The summed E-state index contributed by atoms with van der Waals surface area (Å²) in [5.74, 6) is 1.69. The highest BCUT2D eigenvalue weighted by molar-refractivity contribution is 6.09. The van der Waals surface area contributed by atoms with Crippen LogP contribution in [-0.4, -0.2) is 5.78 Å². The van der Waals surface area contributed by atoms with E-state index in [1.807, 2.05) is 60.7 Å². The fourth-order valence-corrected chi connectivity index (χ4v) is 2.51. The predicted octanol–water partition coefficient (Wildman–Crippen LogP) is 5.21. The number of allylic oxidation sites excluding steroid dienone is 6. The summed E-state index contributed by atoms with van der Waals surface area (Å²) in [6.07, 6.45) is 17.1. The highest BCUT2D eigenvalue weighted by Crippen LogP contribution is 2.25. The maximum Gasteiger partial charge on any atom is 0.184 e. The molecule has 0 saturated heterocycles. The van der Waals surface area contributed by atoms with E-state index in [0.29, 0.717) is 0 Å². The van der Waals surface area contributed by atoms with Crippen molar-refractivity contribution in [2.24, 2.45) is 0 Å². The topological polar surface area (TPSA) is 43.4 Å². The lowest BCUT2D eigenvalue weighted by molar-refractivity contribution is -0.113. The van der Waals surface area contributed by atoms with Gasteiger partial charge in [-0.3, -0.25) is 4.79 Å². The van der Waals surface area contributed by atoms with Crippen LogP contribution in [0.1, 0.15) is 30.8 Å². The molecule has 23 heavy (non-hydrogen) atoms. The Morgan fingerprint density at radius 3 is 1.78 bits per heavy atom. The molecule has 1 aliphatic carbocycles. The second-order valence-electron chi connectivity index (χ2n) is 5.32. The van der Waals surface area contributed by atoms with Crippen LogP contribution in [0.2, 0.25) is 0 Å². The van der Waals surface area contributed by atoms with Crippen molar-refractivity contribution in [3.05, 3.63) is 83.8 Å². The van der Waals surface area contributed by atoms with E-state index in [2.05, 4.69) is 0 Å². The smallest absolute Gasteiger partial charge is 0.184 e. The van der Waals surface area contributed by atoms with Gasteiger partial charge >= 0.3 is 0 Å². The van der Waals surface area contributed by atoms with Gasteiger partial charge in [-0.15, -0.1) is 0 Å². The summed E-state index contributed by atoms with van der Waals surface area (Å²) in [6, 6.07) is 7.43. The Morgan fingerprint density at radius 1 is 0.826 bits per heavy atom. The van der Waals surface area contributed by atoms with Crippen LogP contribution in [0, 0.1) is 0 Å². The zero-order valence-corrected chi connectivity index (χ0v) is 12.8. The van der Waals surface area contributed by atoms with E-state index in [4.69, 9.17) is 8.83 Å². The quantitative estimate of drug-likeness (QED) is 0.729. The van der Waals surface area contributed by atoms with Gasteiger partial charge in [0, 0.05) is 0 Å². The number of furan rings is 2. The summed E-state index contributed by atoms with van der Waals surface area (Å²) in [5.41, 5.74) is 1.69. The summed E-state index contributed by atoms with van der Waals surface area (Å²) in [6.45, 7) is 0. The maximum atomic E-state index is 12.5. The lowest BCUT2D eigenvalue weighted by atomic mass is 9.88. The molecule has 0 unspecified atom stereocenters. The Kier molecular flexibility index (Phi) is 4.89. The number of carbonyl (C=O) groups excluding carboxylic acids is 1. The molecule has 1 aliphatic rings. The zero-order chi connectivity index (χ0) is 15.9. The second-order valence-corrected chi connectivity index (χ2v) is 5.32. The van der Waals surface area contributed by atoms with Crippen molar-refractivity contribution in [1.82, 2.24) is 0 Å². The third-order valence-electron chi connectivity index (χ3n) is 3.68. The first-order valence-electron chi connectivity index (χ1n) is 7.69. The van der Waals surface area contributed by atoms with E-state index in [1.165, 1.54) is 0 Å². The van der Waals surface area contributed by atoms with Crippen LogP contribution in [0.3, 0.4) is 0 Å². The zero-order valence-electron chi connectivity index (χ0n) is 12.8. The molecule has 0 aliphatic heterocycles. The van der Waals surface area contributed by atoms with E-state index < -0.39 is 0 Å². The minimum absolute atomic E-state index is 0.129. The Balaban J connectivity index is 1.68. The second kappa shape index (κ2) is 7.45. The highest BCUT2D eigenvalue weighted by atomic mass is 16.3. The Labute approximate surface area is 135 Å². The SMILES string of the molecule is O=C1/C(=C\C=C\c2ccco2)CCC/C1=C\C=C\c1ccco1. The molecule has 0 spiro atoms. The molecular weight excluding hydrogens is 288 g/mol. The van der Waals surface area contributed by atoms with Crippen LogP contribution in [0.5, 0.6) is 0 Å². The number of hydrogen-bond acceptors (Lipinski definition) is 3. The van der Waals surface area contributed by atoms with Crippen molar-refractivity contribution < 1.29 is 13.6 Å². The van der Waals surface area contributed by atoms with Gasteiger partial charge in [-0.05, 0) is 66.8 Å². The molecule has 0 aromatic carbocycles. The molecule has 0 amide bonds. The summed E-state index contributed by atoms with van der Waals surface area (Å²) in [5, 5.41) is 0. The molecule has 0 atom stereocenters. The van der Waals surface area contributed by atoms with Crippen molar-refractivity contribution in [2.45, 2.75) is 19.3 Å². The van der Waals surface area contributed by atoms with Crippen LogP contribution < -0.4 is 0 Å². The average Bonchev–Trinajstić information content (AvgIpc) is 3.24. The first-order chi connectivity index (χ1) is 11.3. The van der Waals surface area contributed by atoms with Crippen molar-refractivity contribution >= 4 is 17.9 Å². The summed E-state index contributed by atoms with van der Waals surface area (Å²) < 4.78 is 10.5. The van der Waals surface area contributed by atoms with Gasteiger partial charge in [0.05, 0.1) is 12.5 Å². The van der Waals surface area contributed by atoms with Gasteiger partial charge in [0.15, 0.2) is 5.78 Å². The van der Waals surface area contributed by atoms with Gasteiger partial charge < -0.3 is 8.83 Å². The molecule has 2 heterocycles. The van der Waals surface area contributed by atoms with Crippen LogP contribution in [0.15, 0.2) is 81.1 Å². The Hall–Kier alpha value is -2.81. The number of carbonyl (C=O) groups is 1. The molecule has 1 fully saturated rings. The minimum Gasteiger partial charge on any atom is -0.465 e. The Morgan fingerprint density at radius 2 is 1.35 bits per heavy atom. The molecule has 116 valence electrons. The van der Waals surface area contributed by atoms with Crippen molar-refractivity contribution in [1.29, 1.82) is 0 Å². The van der Waals surface area contributed by atoms with E-state index in [0.717, 1.165) is 41.9 Å². The van der Waals surface area contributed by atoms with Crippen molar-refractivity contribution in [2.75, 3.05) is 0 Å². The monoisotopic (exact) mass is 306 g/mol. The number of hydrogen-bond donors (Lipinski definition) is 0. The molecular formula is C20H18O3. The Bertz CT molecular complexity index is 690. The average molecular weight is 306 g/mol. The fourth-order valence-electron chi connectivity index (χ4n) is 2.51. The largest absolute Gasteiger partial charge is 0.465 e. The molecule has 3 heteroatoms. The van der Waals surface area contributed by atoms with Gasteiger partial charge in [0.1, 0.15) is 11.5 Å². The van der Waals surface area contributed by atoms with E-state index in [9.17, 15) is 4.79 Å². The molecule has 2 aromatic rings. The maximum absolute atomic E-state index is 12.5. The van der Waals surface area contributed by atoms with Gasteiger partial charge in [-0.2, -0.15) is 0 Å². The van der Waals surface area contributed by atoms with Crippen molar-refractivity contribution in [3.8, 4) is 0 Å². The van der Waals surface area contributed by atoms with Crippen molar-refractivity contribution in [3.63, 3.8) is 0 Å². The fraction of sp³-hybridized carbons (Fsp3) is 0.150. The summed E-state index contributed by atoms with van der Waals surface area (Å²) in [4.78, 5) is 12.5. The standard InChI is InChI=1S/C20H18O3/c21-20-16(8-2-10-18-12-4-14-22-18)6-1-7-17(20)9-3-11-19-13-5-15-23-19/h2-5,8-15H,1,6-7H2/b10-2+,11-3+,16-8-,17-9+. The van der Waals surface area contributed by atoms with Gasteiger partial charge in [-0.1, -0.05) is 24.3 Å².